The van der Waals surface area contributed by atoms with E-state index in [9.17, 15) is 0 Å². The standard InChI is InChI=1S/C13H14Cl2N4O/c1-8(2)20-13-9(4-3-5-16-13)7-17-10-6-11(14)18-19-12(10)15/h3-6,8H,7H2,1-2H3,(H,17,18). The second-order valence-corrected chi connectivity index (χ2v) is 5.10. The highest BCUT2D eigenvalue weighted by Crippen LogP contribution is 2.23. The van der Waals surface area contributed by atoms with Crippen molar-refractivity contribution >= 4 is 28.9 Å². The van der Waals surface area contributed by atoms with Crippen molar-refractivity contribution < 1.29 is 4.74 Å². The molecule has 106 valence electrons. The maximum Gasteiger partial charge on any atom is 0.218 e. The van der Waals surface area contributed by atoms with E-state index in [1.807, 2.05) is 26.0 Å². The molecule has 0 aliphatic heterocycles. The molecule has 0 radical (unpaired) electrons. The lowest BCUT2D eigenvalue weighted by Crippen LogP contribution is -2.11. The van der Waals surface area contributed by atoms with Crippen LogP contribution in [0.15, 0.2) is 24.4 Å². The number of anilines is 1. The maximum atomic E-state index is 5.94. The molecule has 0 saturated heterocycles. The first-order valence-electron chi connectivity index (χ1n) is 6.09. The van der Waals surface area contributed by atoms with Crippen LogP contribution in [0.3, 0.4) is 0 Å². The van der Waals surface area contributed by atoms with E-state index in [2.05, 4.69) is 20.5 Å². The molecule has 0 atom stereocenters. The van der Waals surface area contributed by atoms with Gasteiger partial charge in [0.25, 0.3) is 0 Å². The van der Waals surface area contributed by atoms with Gasteiger partial charge >= 0.3 is 0 Å². The summed E-state index contributed by atoms with van der Waals surface area (Å²) in [5, 5.41) is 11.1. The lowest BCUT2D eigenvalue weighted by Gasteiger charge is -2.14. The molecule has 1 N–H and O–H groups in total. The lowest BCUT2D eigenvalue weighted by molar-refractivity contribution is 0.230. The smallest absolute Gasteiger partial charge is 0.218 e. The fourth-order valence-electron chi connectivity index (χ4n) is 1.56. The Morgan fingerprint density at radius 1 is 1.30 bits per heavy atom. The van der Waals surface area contributed by atoms with Crippen LogP contribution in [0, 0.1) is 0 Å². The predicted molar refractivity (Wildman–Crippen MR) is 79.4 cm³/mol. The summed E-state index contributed by atoms with van der Waals surface area (Å²) < 4.78 is 5.65. The summed E-state index contributed by atoms with van der Waals surface area (Å²) in [6, 6.07) is 5.40. The van der Waals surface area contributed by atoms with Crippen molar-refractivity contribution in [2.45, 2.75) is 26.5 Å². The fourth-order valence-corrected chi connectivity index (χ4v) is 1.86. The highest BCUT2D eigenvalue weighted by atomic mass is 35.5. The molecule has 2 aromatic rings. The first kappa shape index (κ1) is 14.8. The molecule has 7 heteroatoms. The van der Waals surface area contributed by atoms with Crippen LogP contribution >= 0.6 is 23.2 Å². The third-order valence-electron chi connectivity index (χ3n) is 2.39. The van der Waals surface area contributed by atoms with Crippen molar-refractivity contribution in [3.05, 3.63) is 40.3 Å². The Labute approximate surface area is 127 Å². The molecule has 20 heavy (non-hydrogen) atoms. The van der Waals surface area contributed by atoms with Crippen molar-refractivity contribution in [2.24, 2.45) is 0 Å². The highest BCUT2D eigenvalue weighted by Gasteiger charge is 2.08. The average Bonchev–Trinajstić information content (AvgIpc) is 2.41. The number of rotatable bonds is 5. The van der Waals surface area contributed by atoms with Crippen LogP contribution in [-0.2, 0) is 6.54 Å². The second-order valence-electron chi connectivity index (χ2n) is 4.36. The Kier molecular flexibility index (Phi) is 4.98. The molecule has 0 aromatic carbocycles. The van der Waals surface area contributed by atoms with E-state index in [4.69, 9.17) is 27.9 Å². The summed E-state index contributed by atoms with van der Waals surface area (Å²) in [6.45, 7) is 4.41. The summed E-state index contributed by atoms with van der Waals surface area (Å²) >= 11 is 11.7. The van der Waals surface area contributed by atoms with Crippen LogP contribution in [0.2, 0.25) is 10.3 Å². The molecule has 0 unspecified atom stereocenters. The average molecular weight is 313 g/mol. The lowest BCUT2D eigenvalue weighted by atomic mass is 10.2. The zero-order chi connectivity index (χ0) is 14.5. The molecular formula is C13H14Cl2N4O. The van der Waals surface area contributed by atoms with E-state index in [0.717, 1.165) is 5.56 Å². The Hall–Kier alpha value is -1.59. The minimum absolute atomic E-state index is 0.0595. The summed E-state index contributed by atoms with van der Waals surface area (Å²) in [5.74, 6) is 0.597. The van der Waals surface area contributed by atoms with Crippen molar-refractivity contribution in [1.82, 2.24) is 15.2 Å². The molecule has 2 heterocycles. The topological polar surface area (TPSA) is 59.9 Å². The van der Waals surface area contributed by atoms with E-state index in [0.29, 0.717) is 18.1 Å². The molecule has 2 aromatic heterocycles. The zero-order valence-electron chi connectivity index (χ0n) is 11.1. The number of pyridine rings is 1. The van der Waals surface area contributed by atoms with Gasteiger partial charge in [-0.1, -0.05) is 29.3 Å². The Bertz CT molecular complexity index is 592. The third kappa shape index (κ3) is 3.95. The van der Waals surface area contributed by atoms with Gasteiger partial charge in [-0.3, -0.25) is 0 Å². The van der Waals surface area contributed by atoms with Crippen molar-refractivity contribution in [2.75, 3.05) is 5.32 Å². The number of hydrogen-bond acceptors (Lipinski definition) is 5. The van der Waals surface area contributed by atoms with E-state index in [1.165, 1.54) is 0 Å². The van der Waals surface area contributed by atoms with Gasteiger partial charge in [0.1, 0.15) is 0 Å². The van der Waals surface area contributed by atoms with Gasteiger partial charge in [-0.2, -0.15) is 0 Å². The van der Waals surface area contributed by atoms with Gasteiger partial charge in [0.05, 0.1) is 11.8 Å². The quantitative estimate of drug-likeness (QED) is 0.914. The van der Waals surface area contributed by atoms with Gasteiger partial charge in [0.15, 0.2) is 10.3 Å². The van der Waals surface area contributed by atoms with Crippen molar-refractivity contribution in [1.29, 1.82) is 0 Å². The highest BCUT2D eigenvalue weighted by molar-refractivity contribution is 6.33. The zero-order valence-corrected chi connectivity index (χ0v) is 12.6. The minimum Gasteiger partial charge on any atom is -0.475 e. The van der Waals surface area contributed by atoms with Gasteiger partial charge in [-0.25, -0.2) is 4.98 Å². The van der Waals surface area contributed by atoms with Gasteiger partial charge in [-0.15, -0.1) is 10.2 Å². The molecular weight excluding hydrogens is 299 g/mol. The Morgan fingerprint density at radius 2 is 2.10 bits per heavy atom. The van der Waals surface area contributed by atoms with E-state index < -0.39 is 0 Å². The van der Waals surface area contributed by atoms with Crippen LogP contribution in [0.25, 0.3) is 0 Å². The maximum absolute atomic E-state index is 5.94. The summed E-state index contributed by atoms with van der Waals surface area (Å²) in [7, 11) is 0. The second kappa shape index (κ2) is 6.72. The molecule has 2 rings (SSSR count). The van der Waals surface area contributed by atoms with Crippen LogP contribution in [-0.4, -0.2) is 21.3 Å². The minimum atomic E-state index is 0.0595. The molecule has 5 nitrogen and oxygen atoms in total. The number of nitrogens with zero attached hydrogens (tertiary/aromatic N) is 3. The largest absolute Gasteiger partial charge is 0.475 e. The number of nitrogens with one attached hydrogen (secondary N) is 1. The van der Waals surface area contributed by atoms with Gasteiger partial charge in [-0.05, 0) is 19.9 Å². The first-order chi connectivity index (χ1) is 9.56. The molecule has 0 spiro atoms. The normalized spacial score (nSPS) is 10.7. The summed E-state index contributed by atoms with van der Waals surface area (Å²) in [5.41, 5.74) is 1.54. The summed E-state index contributed by atoms with van der Waals surface area (Å²) in [4.78, 5) is 4.22. The van der Waals surface area contributed by atoms with Crippen molar-refractivity contribution in [3.8, 4) is 5.88 Å². The van der Waals surface area contributed by atoms with Gasteiger partial charge in [0.2, 0.25) is 5.88 Å². The van der Waals surface area contributed by atoms with Crippen LogP contribution in [0.1, 0.15) is 19.4 Å². The van der Waals surface area contributed by atoms with E-state index in [-0.39, 0.29) is 16.4 Å². The third-order valence-corrected chi connectivity index (χ3v) is 2.85. The first-order valence-corrected chi connectivity index (χ1v) is 6.85. The molecule has 0 aliphatic carbocycles. The Morgan fingerprint density at radius 3 is 2.85 bits per heavy atom. The summed E-state index contributed by atoms with van der Waals surface area (Å²) in [6.07, 6.45) is 1.75. The molecule has 0 saturated carbocycles. The number of aromatic nitrogens is 3. The fraction of sp³-hybridized carbons (Fsp3) is 0.308. The number of halogens is 2. The van der Waals surface area contributed by atoms with Gasteiger partial charge in [0, 0.05) is 24.4 Å². The van der Waals surface area contributed by atoms with Crippen LogP contribution in [0.5, 0.6) is 5.88 Å². The number of hydrogen-bond donors (Lipinski definition) is 1. The molecule has 0 aliphatic rings. The van der Waals surface area contributed by atoms with Crippen LogP contribution in [0.4, 0.5) is 5.69 Å². The van der Waals surface area contributed by atoms with E-state index >= 15 is 0 Å². The van der Waals surface area contributed by atoms with Crippen molar-refractivity contribution in [3.63, 3.8) is 0 Å². The monoisotopic (exact) mass is 312 g/mol. The predicted octanol–water partition coefficient (Wildman–Crippen LogP) is 3.58. The molecule has 0 amide bonds. The van der Waals surface area contributed by atoms with E-state index in [1.54, 1.807) is 12.3 Å². The molecule has 0 fully saturated rings. The van der Waals surface area contributed by atoms with Gasteiger partial charge < -0.3 is 10.1 Å². The number of ether oxygens (including phenoxy) is 1. The van der Waals surface area contributed by atoms with Crippen LogP contribution < -0.4 is 10.1 Å². The SMILES string of the molecule is CC(C)Oc1ncccc1CNc1cc(Cl)nnc1Cl. The molecule has 0 bridgehead atoms. The Balaban J connectivity index is 2.12.